The maximum atomic E-state index is 11.1. The van der Waals surface area contributed by atoms with Crippen molar-refractivity contribution in [2.75, 3.05) is 7.05 Å². The summed E-state index contributed by atoms with van der Waals surface area (Å²) in [5.41, 5.74) is 0.962. The van der Waals surface area contributed by atoms with E-state index >= 15 is 0 Å². The molecule has 1 aliphatic rings. The Morgan fingerprint density at radius 2 is 2.00 bits per heavy atom. The molecule has 0 aromatic heterocycles. The van der Waals surface area contributed by atoms with Crippen molar-refractivity contribution in [2.24, 2.45) is 16.0 Å². The molecule has 0 heterocycles. The number of nitrogens with zero attached hydrogens (tertiary/aromatic N) is 1. The van der Waals surface area contributed by atoms with Crippen LogP contribution in [-0.4, -0.2) is 27.5 Å². The average Bonchev–Trinajstić information content (AvgIpc) is 3.09. The summed E-state index contributed by atoms with van der Waals surface area (Å²) in [6, 6.07) is 6.99. The molecule has 2 atom stereocenters. The summed E-state index contributed by atoms with van der Waals surface area (Å²) in [7, 11) is -1.90. The third kappa shape index (κ3) is 3.94. The number of benzene rings is 1. The highest BCUT2D eigenvalue weighted by atomic mass is 32.2. The summed E-state index contributed by atoms with van der Waals surface area (Å²) in [5, 5.41) is 11.6. The first kappa shape index (κ1) is 14.8. The fourth-order valence-electron chi connectivity index (χ4n) is 1.88. The Morgan fingerprint density at radius 3 is 2.45 bits per heavy atom. The quantitative estimate of drug-likeness (QED) is 0.554. The number of hydrogen-bond donors (Lipinski definition) is 3. The standard InChI is InChI=1S/C13H20N4O2S/c1-9-7-12(9)17-13(15-2)16-8-10-3-5-11(6-4-10)20(14,18)19/h3-6,9,12H,7-8H2,1-2H3,(H2,14,18,19)(H2,15,16,17). The Kier molecular flexibility index (Phi) is 4.29. The van der Waals surface area contributed by atoms with E-state index in [4.69, 9.17) is 5.14 Å². The van der Waals surface area contributed by atoms with E-state index in [-0.39, 0.29) is 4.90 Å². The normalized spacial score (nSPS) is 22.4. The van der Waals surface area contributed by atoms with Crippen LogP contribution in [0, 0.1) is 5.92 Å². The predicted octanol–water partition coefficient (Wildman–Crippen LogP) is 0.407. The van der Waals surface area contributed by atoms with Crippen molar-refractivity contribution in [3.63, 3.8) is 0 Å². The molecule has 0 bridgehead atoms. The number of hydrogen-bond acceptors (Lipinski definition) is 3. The number of nitrogens with two attached hydrogens (primary N) is 1. The zero-order valence-electron chi connectivity index (χ0n) is 11.6. The fourth-order valence-corrected chi connectivity index (χ4v) is 2.39. The highest BCUT2D eigenvalue weighted by molar-refractivity contribution is 7.89. The monoisotopic (exact) mass is 296 g/mol. The van der Waals surface area contributed by atoms with Crippen molar-refractivity contribution < 1.29 is 8.42 Å². The maximum absolute atomic E-state index is 11.1. The molecular formula is C13H20N4O2S. The fraction of sp³-hybridized carbons (Fsp3) is 0.462. The van der Waals surface area contributed by atoms with Crippen LogP contribution in [-0.2, 0) is 16.6 Å². The highest BCUT2D eigenvalue weighted by Crippen LogP contribution is 2.28. The number of nitrogens with one attached hydrogen (secondary N) is 2. The number of primary sulfonamides is 1. The van der Waals surface area contributed by atoms with Gasteiger partial charge in [-0.25, -0.2) is 13.6 Å². The summed E-state index contributed by atoms with van der Waals surface area (Å²) in [4.78, 5) is 4.27. The highest BCUT2D eigenvalue weighted by Gasteiger charge is 2.33. The van der Waals surface area contributed by atoms with Gasteiger partial charge < -0.3 is 10.6 Å². The zero-order valence-corrected chi connectivity index (χ0v) is 12.4. The molecule has 0 amide bonds. The Balaban J connectivity index is 1.90. The molecule has 0 spiro atoms. The first-order chi connectivity index (χ1) is 9.40. The molecule has 4 N–H and O–H groups in total. The lowest BCUT2D eigenvalue weighted by Crippen LogP contribution is -2.38. The van der Waals surface area contributed by atoms with E-state index in [1.165, 1.54) is 18.6 Å². The first-order valence-electron chi connectivity index (χ1n) is 6.49. The van der Waals surface area contributed by atoms with Crippen LogP contribution in [0.5, 0.6) is 0 Å². The molecule has 1 fully saturated rings. The van der Waals surface area contributed by atoms with Crippen molar-refractivity contribution in [3.05, 3.63) is 29.8 Å². The van der Waals surface area contributed by atoms with Gasteiger partial charge in [-0.3, -0.25) is 4.99 Å². The number of guanidine groups is 1. The molecule has 110 valence electrons. The van der Waals surface area contributed by atoms with Crippen molar-refractivity contribution in [3.8, 4) is 0 Å². The molecule has 7 heteroatoms. The summed E-state index contributed by atoms with van der Waals surface area (Å²) < 4.78 is 22.3. The lowest BCUT2D eigenvalue weighted by atomic mass is 10.2. The molecule has 0 radical (unpaired) electrons. The second-order valence-corrected chi connectivity index (χ2v) is 6.64. The summed E-state index contributed by atoms with van der Waals surface area (Å²) in [6.45, 7) is 2.77. The van der Waals surface area contributed by atoms with Crippen LogP contribution in [0.15, 0.2) is 34.2 Å². The van der Waals surface area contributed by atoms with Crippen LogP contribution in [0.4, 0.5) is 0 Å². The van der Waals surface area contributed by atoms with E-state index in [2.05, 4.69) is 22.5 Å². The van der Waals surface area contributed by atoms with Gasteiger partial charge in [-0.2, -0.15) is 0 Å². The molecule has 1 saturated carbocycles. The van der Waals surface area contributed by atoms with Gasteiger partial charge in [0.1, 0.15) is 0 Å². The Morgan fingerprint density at radius 1 is 1.40 bits per heavy atom. The second-order valence-electron chi connectivity index (χ2n) is 5.08. The molecule has 1 aliphatic carbocycles. The van der Waals surface area contributed by atoms with E-state index in [9.17, 15) is 8.42 Å². The smallest absolute Gasteiger partial charge is 0.238 e. The molecule has 20 heavy (non-hydrogen) atoms. The average molecular weight is 296 g/mol. The molecule has 2 unspecified atom stereocenters. The maximum Gasteiger partial charge on any atom is 0.238 e. The van der Waals surface area contributed by atoms with E-state index in [0.717, 1.165) is 11.5 Å². The Hall–Kier alpha value is -1.60. The third-order valence-electron chi connectivity index (χ3n) is 3.37. The van der Waals surface area contributed by atoms with Gasteiger partial charge in [0.05, 0.1) is 4.90 Å². The minimum Gasteiger partial charge on any atom is -0.353 e. The number of rotatable bonds is 4. The zero-order chi connectivity index (χ0) is 14.8. The largest absolute Gasteiger partial charge is 0.353 e. The minimum absolute atomic E-state index is 0.121. The SMILES string of the molecule is CN=C(NCc1ccc(S(N)(=O)=O)cc1)NC1CC1C. The molecular weight excluding hydrogens is 276 g/mol. The van der Waals surface area contributed by atoms with E-state index in [0.29, 0.717) is 18.5 Å². The topological polar surface area (TPSA) is 96.6 Å². The van der Waals surface area contributed by atoms with Crippen LogP contribution in [0.2, 0.25) is 0 Å². The lowest BCUT2D eigenvalue weighted by molar-refractivity contribution is 0.597. The van der Waals surface area contributed by atoms with Gasteiger partial charge in [-0.05, 0) is 30.0 Å². The molecule has 0 saturated heterocycles. The van der Waals surface area contributed by atoms with Crippen LogP contribution in [0.3, 0.4) is 0 Å². The van der Waals surface area contributed by atoms with E-state index in [1.54, 1.807) is 19.2 Å². The summed E-state index contributed by atoms with van der Waals surface area (Å²) in [6.07, 6.45) is 1.17. The van der Waals surface area contributed by atoms with Gasteiger partial charge in [0.15, 0.2) is 5.96 Å². The first-order valence-corrected chi connectivity index (χ1v) is 8.03. The van der Waals surface area contributed by atoms with Gasteiger partial charge >= 0.3 is 0 Å². The van der Waals surface area contributed by atoms with Gasteiger partial charge in [0.2, 0.25) is 10.0 Å². The molecule has 2 rings (SSSR count). The van der Waals surface area contributed by atoms with Gasteiger partial charge in [0.25, 0.3) is 0 Å². The van der Waals surface area contributed by atoms with Crippen molar-refractivity contribution in [2.45, 2.75) is 30.8 Å². The van der Waals surface area contributed by atoms with Crippen molar-refractivity contribution >= 4 is 16.0 Å². The molecule has 1 aromatic rings. The van der Waals surface area contributed by atoms with Crippen molar-refractivity contribution in [1.82, 2.24) is 10.6 Å². The molecule has 0 aliphatic heterocycles. The number of sulfonamides is 1. The summed E-state index contributed by atoms with van der Waals surface area (Å²) in [5.74, 6) is 1.46. The lowest BCUT2D eigenvalue weighted by Gasteiger charge is -2.11. The molecule has 1 aromatic carbocycles. The van der Waals surface area contributed by atoms with Crippen LogP contribution >= 0.6 is 0 Å². The van der Waals surface area contributed by atoms with Gasteiger partial charge in [0, 0.05) is 19.6 Å². The van der Waals surface area contributed by atoms with Crippen LogP contribution < -0.4 is 15.8 Å². The third-order valence-corrected chi connectivity index (χ3v) is 4.30. The Bertz CT molecular complexity index is 595. The van der Waals surface area contributed by atoms with E-state index in [1.807, 2.05) is 0 Å². The number of aliphatic imine (C=N–C) groups is 1. The summed E-state index contributed by atoms with van der Waals surface area (Å²) >= 11 is 0. The predicted molar refractivity (Wildman–Crippen MR) is 78.7 cm³/mol. The minimum atomic E-state index is -3.63. The molecule has 6 nitrogen and oxygen atoms in total. The Labute approximate surface area is 119 Å². The second kappa shape index (κ2) is 5.80. The van der Waals surface area contributed by atoms with Gasteiger partial charge in [-0.1, -0.05) is 19.1 Å². The van der Waals surface area contributed by atoms with Gasteiger partial charge in [-0.15, -0.1) is 0 Å². The van der Waals surface area contributed by atoms with Crippen LogP contribution in [0.1, 0.15) is 18.9 Å². The van der Waals surface area contributed by atoms with E-state index < -0.39 is 10.0 Å². The van der Waals surface area contributed by atoms with Crippen molar-refractivity contribution in [1.29, 1.82) is 0 Å². The van der Waals surface area contributed by atoms with Crippen LogP contribution in [0.25, 0.3) is 0 Å².